The van der Waals surface area contributed by atoms with Gasteiger partial charge in [-0.15, -0.1) is 24.0 Å². The molecule has 1 aliphatic heterocycles. The molecule has 1 aliphatic rings. The van der Waals surface area contributed by atoms with Gasteiger partial charge in [0.2, 0.25) is 0 Å². The highest BCUT2D eigenvalue weighted by molar-refractivity contribution is 14.0. The van der Waals surface area contributed by atoms with E-state index in [1.807, 2.05) is 26.8 Å². The summed E-state index contributed by atoms with van der Waals surface area (Å²) in [4.78, 5) is 4.65. The molecular weight excluding hydrogens is 481 g/mol. The zero-order chi connectivity index (χ0) is 20.9. The molecule has 168 valence electrons. The maximum Gasteiger partial charge on any atom is 0.191 e. The average molecular weight is 521 g/mol. The zero-order valence-electron chi connectivity index (χ0n) is 19.1. The molecule has 2 rings (SSSR count). The number of aliphatic hydroxyl groups is 1. The number of guanidine groups is 1. The number of aryl methyl sites for hydroxylation is 2. The molecule has 3 atom stereocenters. The van der Waals surface area contributed by atoms with Crippen molar-refractivity contribution < 1.29 is 14.3 Å². The van der Waals surface area contributed by atoms with Crippen molar-refractivity contribution in [1.82, 2.24) is 10.6 Å². The molecule has 1 fully saturated rings. The number of nitrogens with zero attached hydrogens (tertiary/aromatic N) is 1. The molecule has 1 aromatic heterocycles. The summed E-state index contributed by atoms with van der Waals surface area (Å²) in [7, 11) is 0. The van der Waals surface area contributed by atoms with Crippen LogP contribution in [0.25, 0.3) is 0 Å². The highest BCUT2D eigenvalue weighted by Crippen LogP contribution is 2.33. The minimum atomic E-state index is -1.08. The molecular formula is C22H40IN3O3. The molecule has 6 nitrogen and oxygen atoms in total. The van der Waals surface area contributed by atoms with Gasteiger partial charge in [0.05, 0.1) is 12.6 Å². The lowest BCUT2D eigenvalue weighted by Crippen LogP contribution is -2.47. The summed E-state index contributed by atoms with van der Waals surface area (Å²) in [5.41, 5.74) is -0.174. The molecule has 1 saturated heterocycles. The molecule has 1 aromatic rings. The van der Waals surface area contributed by atoms with E-state index in [0.717, 1.165) is 55.6 Å². The smallest absolute Gasteiger partial charge is 0.191 e. The van der Waals surface area contributed by atoms with Crippen LogP contribution in [-0.2, 0) is 10.3 Å². The van der Waals surface area contributed by atoms with Gasteiger partial charge >= 0.3 is 0 Å². The van der Waals surface area contributed by atoms with Crippen LogP contribution in [-0.4, -0.2) is 43.4 Å². The number of nitrogens with one attached hydrogen (secondary N) is 2. The van der Waals surface area contributed by atoms with Crippen LogP contribution in [0.3, 0.4) is 0 Å². The van der Waals surface area contributed by atoms with Crippen LogP contribution in [0.2, 0.25) is 0 Å². The van der Waals surface area contributed by atoms with Gasteiger partial charge in [-0.25, -0.2) is 4.99 Å². The van der Waals surface area contributed by atoms with Gasteiger partial charge in [-0.3, -0.25) is 0 Å². The van der Waals surface area contributed by atoms with E-state index in [9.17, 15) is 5.11 Å². The van der Waals surface area contributed by atoms with Crippen LogP contribution in [0.15, 0.2) is 15.5 Å². The predicted molar refractivity (Wildman–Crippen MR) is 129 cm³/mol. The Morgan fingerprint density at radius 1 is 1.24 bits per heavy atom. The maximum absolute atomic E-state index is 10.9. The molecule has 2 heterocycles. The van der Waals surface area contributed by atoms with Gasteiger partial charge in [-0.1, -0.05) is 20.8 Å². The molecule has 0 aromatic carbocycles. The lowest BCUT2D eigenvalue weighted by atomic mass is 9.78. The van der Waals surface area contributed by atoms with Gasteiger partial charge in [0.15, 0.2) is 5.96 Å². The first kappa shape index (κ1) is 26.2. The molecule has 0 radical (unpaired) electrons. The highest BCUT2D eigenvalue weighted by Gasteiger charge is 2.35. The van der Waals surface area contributed by atoms with Crippen LogP contribution >= 0.6 is 24.0 Å². The molecule has 0 spiro atoms. The third kappa shape index (κ3) is 7.43. The van der Waals surface area contributed by atoms with Crippen LogP contribution in [0.4, 0.5) is 0 Å². The Hall–Kier alpha value is -0.800. The molecule has 3 unspecified atom stereocenters. The summed E-state index contributed by atoms with van der Waals surface area (Å²) in [6, 6.07) is 1.89. The first-order valence-corrected chi connectivity index (χ1v) is 10.5. The van der Waals surface area contributed by atoms with Gasteiger partial charge < -0.3 is 24.9 Å². The Morgan fingerprint density at radius 2 is 1.93 bits per heavy atom. The minimum Gasteiger partial charge on any atom is -0.466 e. The highest BCUT2D eigenvalue weighted by atomic mass is 127. The van der Waals surface area contributed by atoms with E-state index < -0.39 is 5.60 Å². The molecule has 29 heavy (non-hydrogen) atoms. The van der Waals surface area contributed by atoms with Crippen molar-refractivity contribution in [2.75, 3.05) is 26.2 Å². The van der Waals surface area contributed by atoms with Crippen molar-refractivity contribution in [3.63, 3.8) is 0 Å². The number of halogens is 1. The predicted octanol–water partition coefficient (Wildman–Crippen LogP) is 4.12. The summed E-state index contributed by atoms with van der Waals surface area (Å²) < 4.78 is 11.7. The Labute approximate surface area is 193 Å². The van der Waals surface area contributed by atoms with Gasteiger partial charge in [-0.2, -0.15) is 0 Å². The lowest BCUT2D eigenvalue weighted by molar-refractivity contribution is -0.0835. The van der Waals surface area contributed by atoms with Crippen molar-refractivity contribution in [2.45, 2.75) is 73.0 Å². The van der Waals surface area contributed by atoms with Gasteiger partial charge in [0.25, 0.3) is 0 Å². The normalized spacial score (nSPS) is 22.6. The van der Waals surface area contributed by atoms with E-state index in [1.54, 1.807) is 6.92 Å². The fourth-order valence-electron chi connectivity index (χ4n) is 4.06. The van der Waals surface area contributed by atoms with Crippen LogP contribution in [0, 0.1) is 25.2 Å². The first-order valence-electron chi connectivity index (χ1n) is 10.5. The summed E-state index contributed by atoms with van der Waals surface area (Å²) >= 11 is 0. The second-order valence-electron chi connectivity index (χ2n) is 9.24. The molecule has 0 aliphatic carbocycles. The van der Waals surface area contributed by atoms with Crippen molar-refractivity contribution in [3.8, 4) is 0 Å². The number of rotatable bonds is 6. The zero-order valence-corrected chi connectivity index (χ0v) is 21.4. The Morgan fingerprint density at radius 3 is 2.48 bits per heavy atom. The maximum atomic E-state index is 10.9. The number of hydrogen-bond acceptors (Lipinski definition) is 4. The summed E-state index contributed by atoms with van der Waals surface area (Å²) in [5, 5.41) is 17.7. The van der Waals surface area contributed by atoms with Gasteiger partial charge in [-0.05, 0) is 52.0 Å². The summed E-state index contributed by atoms with van der Waals surface area (Å²) in [5.74, 6) is 2.70. The third-order valence-corrected chi connectivity index (χ3v) is 5.34. The molecule has 0 saturated carbocycles. The molecule has 3 N–H and O–H groups in total. The van der Waals surface area contributed by atoms with Gasteiger partial charge in [0, 0.05) is 31.2 Å². The van der Waals surface area contributed by atoms with Crippen LogP contribution in [0.1, 0.15) is 64.5 Å². The van der Waals surface area contributed by atoms with E-state index in [4.69, 9.17) is 9.15 Å². The van der Waals surface area contributed by atoms with Crippen LogP contribution < -0.4 is 10.6 Å². The second-order valence-corrected chi connectivity index (χ2v) is 9.24. The minimum absolute atomic E-state index is 0. The average Bonchev–Trinajstić information content (AvgIpc) is 2.96. The molecule has 0 bridgehead atoms. The van der Waals surface area contributed by atoms with E-state index in [1.165, 1.54) is 0 Å². The monoisotopic (exact) mass is 521 g/mol. The molecule has 0 amide bonds. The standard InChI is InChI=1S/C22H39N3O3.HI/c1-8-23-20(24-13-17-10-9-11-27-19(17)21(4,5)6)25-14-22(7,26)18-12-15(2)28-16(18)3;/h12,17,19,26H,8-11,13-14H2,1-7H3,(H2,23,24,25);1H. The third-order valence-electron chi connectivity index (χ3n) is 5.34. The van der Waals surface area contributed by atoms with E-state index in [2.05, 4.69) is 36.4 Å². The SMILES string of the molecule is CCNC(=NCC(C)(O)c1cc(C)oc1C)NCC1CCCOC1C(C)(C)C.I. The summed E-state index contributed by atoms with van der Waals surface area (Å²) in [6.45, 7) is 17.0. The Bertz CT molecular complexity index is 665. The first-order chi connectivity index (χ1) is 13.0. The van der Waals surface area contributed by atoms with Crippen molar-refractivity contribution in [2.24, 2.45) is 16.3 Å². The number of ether oxygens (including phenoxy) is 1. The van der Waals surface area contributed by atoms with Crippen molar-refractivity contribution in [3.05, 3.63) is 23.2 Å². The number of aliphatic imine (C=N–C) groups is 1. The fraction of sp³-hybridized carbons (Fsp3) is 0.773. The Balaban J connectivity index is 0.00000420. The van der Waals surface area contributed by atoms with Crippen molar-refractivity contribution >= 4 is 29.9 Å². The lowest BCUT2D eigenvalue weighted by Gasteiger charge is -2.40. The van der Waals surface area contributed by atoms with E-state index in [0.29, 0.717) is 5.92 Å². The second kappa shape index (κ2) is 11.0. The van der Waals surface area contributed by atoms with Gasteiger partial charge in [0.1, 0.15) is 17.1 Å². The Kier molecular flexibility index (Phi) is 9.95. The fourth-order valence-corrected chi connectivity index (χ4v) is 4.06. The van der Waals surface area contributed by atoms with E-state index >= 15 is 0 Å². The van der Waals surface area contributed by atoms with E-state index in [-0.39, 0.29) is 42.0 Å². The van der Waals surface area contributed by atoms with Crippen molar-refractivity contribution in [1.29, 1.82) is 0 Å². The number of hydrogen-bond donors (Lipinski definition) is 3. The topological polar surface area (TPSA) is 79.0 Å². The van der Waals surface area contributed by atoms with Crippen LogP contribution in [0.5, 0.6) is 0 Å². The quantitative estimate of drug-likeness (QED) is 0.298. The summed E-state index contributed by atoms with van der Waals surface area (Å²) in [6.07, 6.45) is 2.48. The molecule has 7 heteroatoms. The number of furan rings is 1. The largest absolute Gasteiger partial charge is 0.466 e.